The van der Waals surface area contributed by atoms with Crippen molar-refractivity contribution in [1.82, 2.24) is 20.5 Å². The largest absolute Gasteiger partial charge is 0.385 e. The van der Waals surface area contributed by atoms with E-state index in [2.05, 4.69) is 49.6 Å². The van der Waals surface area contributed by atoms with Gasteiger partial charge >= 0.3 is 0 Å². The number of pyridine rings is 1. The molecule has 0 saturated carbocycles. The molecule has 1 aromatic heterocycles. The summed E-state index contributed by atoms with van der Waals surface area (Å²) in [4.78, 5) is 13.6. The van der Waals surface area contributed by atoms with Crippen LogP contribution in [0.15, 0.2) is 23.3 Å². The van der Waals surface area contributed by atoms with Crippen LogP contribution in [0.4, 0.5) is 5.82 Å². The number of hydrogen-bond acceptors (Lipinski definition) is 5. The normalized spacial score (nSPS) is 15.3. The van der Waals surface area contributed by atoms with E-state index in [0.717, 1.165) is 64.1 Å². The lowest BCUT2D eigenvalue weighted by atomic mass is 10.1. The van der Waals surface area contributed by atoms with Gasteiger partial charge in [0.15, 0.2) is 5.96 Å². The number of piperidine rings is 1. The molecular formula is C20H36N6O. The maximum atomic E-state index is 5.09. The summed E-state index contributed by atoms with van der Waals surface area (Å²) in [7, 11) is 5.69. The molecule has 0 aliphatic carbocycles. The molecular weight excluding hydrogens is 340 g/mol. The van der Waals surface area contributed by atoms with Crippen molar-refractivity contribution in [3.63, 3.8) is 0 Å². The zero-order valence-electron chi connectivity index (χ0n) is 17.2. The van der Waals surface area contributed by atoms with Crippen LogP contribution in [0.25, 0.3) is 0 Å². The average Bonchev–Trinajstić information content (AvgIpc) is 2.71. The fraction of sp³-hybridized carbons (Fsp3) is 0.700. The summed E-state index contributed by atoms with van der Waals surface area (Å²) in [6.45, 7) is 6.66. The SMILES string of the molecule is CN=C(NCCN(C)CCCOC)NCc1ccnc(N2CCCCC2)c1. The molecule has 0 bridgehead atoms. The molecule has 152 valence electrons. The highest BCUT2D eigenvalue weighted by Gasteiger charge is 2.12. The molecule has 1 aromatic rings. The molecule has 1 saturated heterocycles. The van der Waals surface area contributed by atoms with Gasteiger partial charge in [0.25, 0.3) is 0 Å². The average molecular weight is 377 g/mol. The Morgan fingerprint density at radius 1 is 1.26 bits per heavy atom. The second-order valence-electron chi connectivity index (χ2n) is 7.07. The first-order valence-electron chi connectivity index (χ1n) is 10.0. The van der Waals surface area contributed by atoms with Crippen LogP contribution in [-0.4, -0.2) is 76.4 Å². The molecule has 7 nitrogen and oxygen atoms in total. The number of aromatic nitrogens is 1. The highest BCUT2D eigenvalue weighted by Crippen LogP contribution is 2.18. The molecule has 2 N–H and O–H groups in total. The number of likely N-dealkylation sites (N-methyl/N-ethyl adjacent to an activating group) is 1. The highest BCUT2D eigenvalue weighted by atomic mass is 16.5. The summed E-state index contributed by atoms with van der Waals surface area (Å²) < 4.78 is 5.09. The van der Waals surface area contributed by atoms with Gasteiger partial charge in [0.1, 0.15) is 5.82 Å². The summed E-state index contributed by atoms with van der Waals surface area (Å²) in [6.07, 6.45) is 6.83. The molecule has 2 rings (SSSR count). The van der Waals surface area contributed by atoms with Crippen LogP contribution in [-0.2, 0) is 11.3 Å². The standard InChI is InChI=1S/C20H36N6O/c1-21-20(23-10-14-25(2)11-7-15-27-3)24-17-18-8-9-22-19(16-18)26-12-5-4-6-13-26/h8-9,16H,4-7,10-15,17H2,1-3H3,(H2,21,23,24). The van der Waals surface area contributed by atoms with Crippen molar-refractivity contribution in [1.29, 1.82) is 0 Å². The van der Waals surface area contributed by atoms with E-state index in [4.69, 9.17) is 4.74 Å². The summed E-state index contributed by atoms with van der Waals surface area (Å²) in [5.74, 6) is 1.92. The van der Waals surface area contributed by atoms with E-state index < -0.39 is 0 Å². The monoisotopic (exact) mass is 376 g/mol. The Morgan fingerprint density at radius 3 is 2.81 bits per heavy atom. The van der Waals surface area contributed by atoms with Gasteiger partial charge in [-0.25, -0.2) is 4.98 Å². The van der Waals surface area contributed by atoms with E-state index >= 15 is 0 Å². The number of methoxy groups -OCH3 is 1. The van der Waals surface area contributed by atoms with Crippen molar-refractivity contribution in [2.75, 3.05) is 65.4 Å². The molecule has 2 heterocycles. The van der Waals surface area contributed by atoms with Crippen molar-refractivity contribution in [3.8, 4) is 0 Å². The van der Waals surface area contributed by atoms with Gasteiger partial charge in [-0.1, -0.05) is 0 Å². The van der Waals surface area contributed by atoms with E-state index in [-0.39, 0.29) is 0 Å². The second-order valence-corrected chi connectivity index (χ2v) is 7.07. The van der Waals surface area contributed by atoms with Gasteiger partial charge in [-0.2, -0.15) is 0 Å². The van der Waals surface area contributed by atoms with Crippen LogP contribution in [0.2, 0.25) is 0 Å². The quantitative estimate of drug-likeness (QED) is 0.368. The molecule has 1 fully saturated rings. The molecule has 1 aliphatic heterocycles. The minimum absolute atomic E-state index is 0.743. The zero-order valence-corrected chi connectivity index (χ0v) is 17.2. The lowest BCUT2D eigenvalue weighted by Crippen LogP contribution is -2.40. The third-order valence-corrected chi connectivity index (χ3v) is 4.85. The number of nitrogens with zero attached hydrogens (tertiary/aromatic N) is 4. The third-order valence-electron chi connectivity index (χ3n) is 4.85. The van der Waals surface area contributed by atoms with Crippen LogP contribution < -0.4 is 15.5 Å². The molecule has 0 radical (unpaired) electrons. The lowest BCUT2D eigenvalue weighted by molar-refractivity contribution is 0.180. The van der Waals surface area contributed by atoms with Gasteiger partial charge in [0.05, 0.1) is 0 Å². The number of anilines is 1. The van der Waals surface area contributed by atoms with E-state index in [1.54, 1.807) is 7.11 Å². The fourth-order valence-electron chi connectivity index (χ4n) is 3.23. The molecule has 0 amide bonds. The van der Waals surface area contributed by atoms with E-state index in [1.807, 2.05) is 13.2 Å². The van der Waals surface area contributed by atoms with E-state index in [9.17, 15) is 0 Å². The highest BCUT2D eigenvalue weighted by molar-refractivity contribution is 5.79. The van der Waals surface area contributed by atoms with Crippen molar-refractivity contribution in [2.45, 2.75) is 32.2 Å². The van der Waals surface area contributed by atoms with E-state index in [1.165, 1.54) is 24.8 Å². The topological polar surface area (TPSA) is 65.0 Å². The molecule has 27 heavy (non-hydrogen) atoms. The molecule has 1 aliphatic rings. The molecule has 0 spiro atoms. The Balaban J connectivity index is 1.72. The first-order chi connectivity index (χ1) is 13.2. The van der Waals surface area contributed by atoms with Gasteiger partial charge in [-0.3, -0.25) is 4.99 Å². The van der Waals surface area contributed by atoms with Crippen molar-refractivity contribution in [2.24, 2.45) is 4.99 Å². The van der Waals surface area contributed by atoms with Gasteiger partial charge in [-0.05, 0) is 50.4 Å². The van der Waals surface area contributed by atoms with Crippen LogP contribution in [0.1, 0.15) is 31.2 Å². The van der Waals surface area contributed by atoms with Crippen LogP contribution >= 0.6 is 0 Å². The zero-order chi connectivity index (χ0) is 19.3. The van der Waals surface area contributed by atoms with Crippen LogP contribution in [0, 0.1) is 0 Å². The van der Waals surface area contributed by atoms with Gasteiger partial charge in [0, 0.05) is 66.2 Å². The van der Waals surface area contributed by atoms with Crippen LogP contribution in [0.3, 0.4) is 0 Å². The minimum Gasteiger partial charge on any atom is -0.385 e. The van der Waals surface area contributed by atoms with Gasteiger partial charge in [-0.15, -0.1) is 0 Å². The summed E-state index contributed by atoms with van der Waals surface area (Å²) in [6, 6.07) is 4.26. The Kier molecular flexibility index (Phi) is 9.94. The lowest BCUT2D eigenvalue weighted by Gasteiger charge is -2.28. The predicted octanol–water partition coefficient (Wildman–Crippen LogP) is 1.71. The minimum atomic E-state index is 0.743. The Bertz CT molecular complexity index is 559. The maximum Gasteiger partial charge on any atom is 0.191 e. The first-order valence-corrected chi connectivity index (χ1v) is 10.0. The van der Waals surface area contributed by atoms with Crippen molar-refractivity contribution < 1.29 is 4.74 Å². The smallest absolute Gasteiger partial charge is 0.191 e. The number of ether oxygens (including phenoxy) is 1. The number of aliphatic imine (C=N–C) groups is 1. The summed E-state index contributed by atoms with van der Waals surface area (Å²) in [5, 5.41) is 6.77. The Morgan fingerprint density at radius 2 is 2.07 bits per heavy atom. The fourth-order valence-corrected chi connectivity index (χ4v) is 3.23. The Labute approximate surface area is 164 Å². The second kappa shape index (κ2) is 12.5. The Hall–Kier alpha value is -1.86. The van der Waals surface area contributed by atoms with Crippen LogP contribution in [0.5, 0.6) is 0 Å². The van der Waals surface area contributed by atoms with E-state index in [0.29, 0.717) is 0 Å². The number of guanidine groups is 1. The molecule has 0 atom stereocenters. The number of rotatable bonds is 10. The third kappa shape index (κ3) is 8.13. The number of nitrogens with one attached hydrogen (secondary N) is 2. The first kappa shape index (κ1) is 21.4. The van der Waals surface area contributed by atoms with Gasteiger partial charge < -0.3 is 25.2 Å². The summed E-state index contributed by atoms with van der Waals surface area (Å²) >= 11 is 0. The molecule has 7 heteroatoms. The van der Waals surface area contributed by atoms with Crippen molar-refractivity contribution >= 4 is 11.8 Å². The molecule has 0 unspecified atom stereocenters. The molecule has 0 aromatic carbocycles. The summed E-state index contributed by atoms with van der Waals surface area (Å²) in [5.41, 5.74) is 1.23. The predicted molar refractivity (Wildman–Crippen MR) is 112 cm³/mol. The van der Waals surface area contributed by atoms with Gasteiger partial charge in [0.2, 0.25) is 0 Å². The van der Waals surface area contributed by atoms with Crippen molar-refractivity contribution in [3.05, 3.63) is 23.9 Å². The maximum absolute atomic E-state index is 5.09. The number of hydrogen-bond donors (Lipinski definition) is 2.